The number of amides is 1. The number of furan rings is 1. The Morgan fingerprint density at radius 3 is 2.32 bits per heavy atom. The molecule has 0 aliphatic rings. The van der Waals surface area contributed by atoms with Gasteiger partial charge < -0.3 is 9.73 Å². The maximum atomic E-state index is 12.8. The van der Waals surface area contributed by atoms with Crippen molar-refractivity contribution in [1.29, 1.82) is 0 Å². The number of carbonyl (C=O) groups is 2. The number of pyridine rings is 1. The molecule has 2 heterocycles. The van der Waals surface area contributed by atoms with Gasteiger partial charge in [-0.25, -0.2) is 0 Å². The molecule has 0 atom stereocenters. The fraction of sp³-hybridized carbons (Fsp3) is 0.0870. The van der Waals surface area contributed by atoms with E-state index in [1.807, 2.05) is 32.0 Å². The molecule has 0 aliphatic heterocycles. The first kappa shape index (κ1) is 17.7. The molecular weight excluding hydrogens is 352 g/mol. The van der Waals surface area contributed by atoms with E-state index in [1.165, 1.54) is 0 Å². The molecule has 1 N–H and O–H groups in total. The first-order valence-corrected chi connectivity index (χ1v) is 8.89. The van der Waals surface area contributed by atoms with E-state index in [9.17, 15) is 9.59 Å². The van der Waals surface area contributed by atoms with Crippen LogP contribution >= 0.6 is 0 Å². The highest BCUT2D eigenvalue weighted by atomic mass is 16.3. The number of nitrogens with one attached hydrogen (secondary N) is 1. The molecule has 138 valence electrons. The van der Waals surface area contributed by atoms with Crippen molar-refractivity contribution in [3.63, 3.8) is 0 Å². The van der Waals surface area contributed by atoms with Crippen LogP contribution < -0.4 is 5.32 Å². The Morgan fingerprint density at radius 2 is 1.61 bits per heavy atom. The van der Waals surface area contributed by atoms with Crippen molar-refractivity contribution in [2.75, 3.05) is 5.32 Å². The van der Waals surface area contributed by atoms with Crippen LogP contribution in [0.2, 0.25) is 0 Å². The number of nitrogens with zero attached hydrogens (tertiary/aromatic N) is 1. The second-order valence-electron chi connectivity index (χ2n) is 6.65. The van der Waals surface area contributed by atoms with Crippen LogP contribution in [0, 0.1) is 13.8 Å². The first-order valence-electron chi connectivity index (χ1n) is 8.89. The van der Waals surface area contributed by atoms with Crippen LogP contribution in [0.15, 0.2) is 71.4 Å². The fourth-order valence-corrected chi connectivity index (χ4v) is 3.06. The van der Waals surface area contributed by atoms with Crippen molar-refractivity contribution in [3.05, 3.63) is 95.0 Å². The minimum absolute atomic E-state index is 0.156. The highest BCUT2D eigenvalue weighted by Crippen LogP contribution is 2.29. The Labute approximate surface area is 162 Å². The van der Waals surface area contributed by atoms with Crippen molar-refractivity contribution in [3.8, 4) is 0 Å². The molecule has 0 fully saturated rings. The number of hydrogen-bond donors (Lipinski definition) is 1. The summed E-state index contributed by atoms with van der Waals surface area (Å²) in [6.07, 6.45) is 3.14. The Bertz CT molecular complexity index is 1180. The molecule has 5 nitrogen and oxygen atoms in total. The summed E-state index contributed by atoms with van der Waals surface area (Å²) in [5, 5.41) is 3.66. The van der Waals surface area contributed by atoms with Crippen LogP contribution in [0.5, 0.6) is 0 Å². The minimum Gasteiger partial charge on any atom is -0.452 e. The minimum atomic E-state index is -0.223. The van der Waals surface area contributed by atoms with E-state index in [0.29, 0.717) is 28.2 Å². The van der Waals surface area contributed by atoms with E-state index in [0.717, 1.165) is 16.5 Å². The van der Waals surface area contributed by atoms with Gasteiger partial charge in [0.15, 0.2) is 5.76 Å². The van der Waals surface area contributed by atoms with Crippen molar-refractivity contribution in [2.45, 2.75) is 13.8 Å². The van der Waals surface area contributed by atoms with Gasteiger partial charge in [-0.1, -0.05) is 29.8 Å². The summed E-state index contributed by atoms with van der Waals surface area (Å²) < 4.78 is 5.82. The molecule has 4 rings (SSSR count). The van der Waals surface area contributed by atoms with Crippen LogP contribution in [-0.2, 0) is 0 Å². The van der Waals surface area contributed by atoms with Crippen LogP contribution in [0.25, 0.3) is 11.0 Å². The molecule has 2 aromatic carbocycles. The zero-order chi connectivity index (χ0) is 19.7. The summed E-state index contributed by atoms with van der Waals surface area (Å²) in [5.41, 5.74) is 4.18. The van der Waals surface area contributed by atoms with Gasteiger partial charge in [0.05, 0.1) is 0 Å². The second kappa shape index (κ2) is 7.12. The highest BCUT2D eigenvalue weighted by molar-refractivity contribution is 6.11. The number of rotatable bonds is 4. The van der Waals surface area contributed by atoms with Gasteiger partial charge in [-0.2, -0.15) is 0 Å². The van der Waals surface area contributed by atoms with Crippen LogP contribution in [-0.4, -0.2) is 16.7 Å². The number of anilines is 1. The van der Waals surface area contributed by atoms with E-state index in [2.05, 4.69) is 10.3 Å². The van der Waals surface area contributed by atoms with Gasteiger partial charge in [-0.3, -0.25) is 14.6 Å². The van der Waals surface area contributed by atoms with Gasteiger partial charge >= 0.3 is 0 Å². The quantitative estimate of drug-likeness (QED) is 0.517. The van der Waals surface area contributed by atoms with Crippen molar-refractivity contribution in [2.24, 2.45) is 0 Å². The number of hydrogen-bond acceptors (Lipinski definition) is 4. The number of aromatic nitrogens is 1. The summed E-state index contributed by atoms with van der Waals surface area (Å²) in [6.45, 7) is 3.82. The van der Waals surface area contributed by atoms with E-state index >= 15 is 0 Å². The zero-order valence-corrected chi connectivity index (χ0v) is 15.5. The van der Waals surface area contributed by atoms with Crippen molar-refractivity contribution < 1.29 is 14.0 Å². The van der Waals surface area contributed by atoms with Crippen LogP contribution in [0.1, 0.15) is 37.6 Å². The van der Waals surface area contributed by atoms with Crippen LogP contribution in [0.3, 0.4) is 0 Å². The molecule has 5 heteroatoms. The topological polar surface area (TPSA) is 72.2 Å². The Hall–Kier alpha value is -3.73. The smallest absolute Gasteiger partial charge is 0.255 e. The Morgan fingerprint density at radius 1 is 0.893 bits per heavy atom. The third kappa shape index (κ3) is 3.30. The lowest BCUT2D eigenvalue weighted by molar-refractivity contribution is 0.101. The number of benzene rings is 2. The summed E-state index contributed by atoms with van der Waals surface area (Å²) in [7, 11) is 0. The molecule has 0 radical (unpaired) electrons. The average molecular weight is 370 g/mol. The number of fused-ring (bicyclic) bond motifs is 1. The third-order valence-corrected chi connectivity index (χ3v) is 4.66. The number of aryl methyl sites for hydroxylation is 2. The lowest BCUT2D eigenvalue weighted by Crippen LogP contribution is -2.11. The molecule has 28 heavy (non-hydrogen) atoms. The zero-order valence-electron chi connectivity index (χ0n) is 15.5. The average Bonchev–Trinajstić information content (AvgIpc) is 3.05. The molecule has 0 saturated heterocycles. The molecule has 4 aromatic rings. The highest BCUT2D eigenvalue weighted by Gasteiger charge is 2.19. The summed E-state index contributed by atoms with van der Waals surface area (Å²) in [4.78, 5) is 29.1. The van der Waals surface area contributed by atoms with Gasteiger partial charge in [-0.15, -0.1) is 0 Å². The van der Waals surface area contributed by atoms with E-state index in [-0.39, 0.29) is 11.7 Å². The second-order valence-corrected chi connectivity index (χ2v) is 6.65. The molecule has 2 aromatic heterocycles. The maximum Gasteiger partial charge on any atom is 0.255 e. The predicted molar refractivity (Wildman–Crippen MR) is 108 cm³/mol. The summed E-state index contributed by atoms with van der Waals surface area (Å²) in [6, 6.07) is 16.0. The Balaban J connectivity index is 1.65. The molecule has 0 bridgehead atoms. The lowest BCUT2D eigenvalue weighted by atomic mass is 10.0. The SMILES string of the molecule is Cc1ccc(C(=O)c2oc3ccc(NC(=O)c4ccncc4)cc3c2C)cc1. The van der Waals surface area contributed by atoms with Crippen molar-refractivity contribution in [1.82, 2.24) is 4.98 Å². The number of ketones is 1. The largest absolute Gasteiger partial charge is 0.452 e. The molecule has 0 spiro atoms. The molecule has 0 unspecified atom stereocenters. The van der Waals surface area contributed by atoms with Gasteiger partial charge in [0.1, 0.15) is 5.58 Å². The van der Waals surface area contributed by atoms with Gasteiger partial charge in [0.25, 0.3) is 5.91 Å². The molecule has 1 amide bonds. The number of carbonyl (C=O) groups excluding carboxylic acids is 2. The Kier molecular flexibility index (Phi) is 4.49. The molecule has 0 aliphatic carbocycles. The maximum absolute atomic E-state index is 12.8. The van der Waals surface area contributed by atoms with Gasteiger partial charge in [0, 0.05) is 40.2 Å². The molecule has 0 saturated carbocycles. The fourth-order valence-electron chi connectivity index (χ4n) is 3.06. The lowest BCUT2D eigenvalue weighted by Gasteiger charge is -2.05. The predicted octanol–water partition coefficient (Wildman–Crippen LogP) is 4.93. The monoisotopic (exact) mass is 370 g/mol. The van der Waals surface area contributed by atoms with E-state index in [4.69, 9.17) is 4.42 Å². The molecular formula is C23H18N2O3. The van der Waals surface area contributed by atoms with Gasteiger partial charge in [0.2, 0.25) is 5.78 Å². The van der Waals surface area contributed by atoms with E-state index < -0.39 is 0 Å². The van der Waals surface area contributed by atoms with E-state index in [1.54, 1.807) is 48.8 Å². The standard InChI is InChI=1S/C23H18N2O3/c1-14-3-5-16(6-4-14)21(26)22-15(2)19-13-18(7-8-20(19)28-22)25-23(27)17-9-11-24-12-10-17/h3-13H,1-2H3,(H,25,27). The summed E-state index contributed by atoms with van der Waals surface area (Å²) >= 11 is 0. The van der Waals surface area contributed by atoms with Gasteiger partial charge in [-0.05, 0) is 44.2 Å². The first-order chi connectivity index (χ1) is 13.5. The summed E-state index contributed by atoms with van der Waals surface area (Å²) in [5.74, 6) is -0.0635. The normalized spacial score (nSPS) is 10.8. The third-order valence-electron chi connectivity index (χ3n) is 4.66. The van der Waals surface area contributed by atoms with Crippen LogP contribution in [0.4, 0.5) is 5.69 Å². The van der Waals surface area contributed by atoms with Crippen molar-refractivity contribution >= 4 is 28.3 Å².